The van der Waals surface area contributed by atoms with Gasteiger partial charge < -0.3 is 20.7 Å². The highest BCUT2D eigenvalue weighted by molar-refractivity contribution is 5.93. The fourth-order valence-electron chi connectivity index (χ4n) is 9.31. The molecule has 4 aliphatic rings. The van der Waals surface area contributed by atoms with Gasteiger partial charge in [-0.05, 0) is 97.2 Å². The molecule has 0 spiro atoms. The SMILES string of the molecule is CCCCCCCCN1C(=O)O[C@@H]2[C@@]3(C)CC[C@@H]4c5ccc(O)cc5CC[C@H]4[C@@H]3C[C@]2(O)[C@@H]1c1cccc(C(N)=O)c1. The smallest absolute Gasteiger partial charge is 0.410 e. The molecule has 0 aromatic heterocycles. The van der Waals surface area contributed by atoms with Crippen molar-refractivity contribution >= 4 is 12.0 Å². The van der Waals surface area contributed by atoms with Gasteiger partial charge in [0, 0.05) is 17.5 Å². The fourth-order valence-corrected chi connectivity index (χ4v) is 9.31. The Morgan fingerprint density at radius 3 is 2.67 bits per heavy atom. The van der Waals surface area contributed by atoms with Crippen molar-refractivity contribution in [3.8, 4) is 5.75 Å². The molecule has 3 fully saturated rings. The molecule has 226 valence electrons. The van der Waals surface area contributed by atoms with Crippen LogP contribution < -0.4 is 5.73 Å². The third-order valence-corrected chi connectivity index (χ3v) is 11.2. The minimum absolute atomic E-state index is 0.178. The van der Waals surface area contributed by atoms with Crippen molar-refractivity contribution in [1.82, 2.24) is 4.90 Å². The van der Waals surface area contributed by atoms with Crippen molar-refractivity contribution < 1.29 is 24.5 Å². The summed E-state index contributed by atoms with van der Waals surface area (Å²) in [5.74, 6) is 0.689. The number of unbranched alkanes of at least 4 members (excludes halogenated alkanes) is 5. The van der Waals surface area contributed by atoms with Crippen LogP contribution in [0, 0.1) is 17.3 Å². The minimum atomic E-state index is -1.30. The first kappa shape index (κ1) is 29.0. The summed E-state index contributed by atoms with van der Waals surface area (Å²) < 4.78 is 6.30. The van der Waals surface area contributed by atoms with Crippen LogP contribution in [-0.4, -0.2) is 45.4 Å². The van der Waals surface area contributed by atoms with Crippen LogP contribution in [0.25, 0.3) is 0 Å². The summed E-state index contributed by atoms with van der Waals surface area (Å²) in [5, 5.41) is 23.0. The number of aryl methyl sites for hydroxylation is 1. The first-order chi connectivity index (χ1) is 20.2. The fraction of sp³-hybridized carbons (Fsp3) is 0.600. The van der Waals surface area contributed by atoms with Crippen molar-refractivity contribution in [3.63, 3.8) is 0 Å². The number of aliphatic hydroxyl groups is 1. The summed E-state index contributed by atoms with van der Waals surface area (Å²) in [5.41, 5.74) is 7.68. The molecular weight excluding hydrogens is 528 g/mol. The van der Waals surface area contributed by atoms with Gasteiger partial charge in [0.25, 0.3) is 0 Å². The Balaban J connectivity index is 1.35. The summed E-state index contributed by atoms with van der Waals surface area (Å²) >= 11 is 0. The van der Waals surface area contributed by atoms with E-state index in [0.29, 0.717) is 36.1 Å². The number of phenolic OH excluding ortho intramolecular Hbond substituents is 1. The molecule has 7 heteroatoms. The zero-order chi connectivity index (χ0) is 29.6. The summed E-state index contributed by atoms with van der Waals surface area (Å²) in [6.07, 6.45) is 9.77. The number of aromatic hydroxyl groups is 1. The van der Waals surface area contributed by atoms with Gasteiger partial charge in [-0.3, -0.25) is 9.69 Å². The number of fused-ring (bicyclic) bond motifs is 7. The minimum Gasteiger partial charge on any atom is -0.508 e. The number of rotatable bonds is 9. The number of carbonyl (C=O) groups is 2. The predicted octanol–water partition coefficient (Wildman–Crippen LogP) is 6.61. The Hall–Kier alpha value is -3.06. The lowest BCUT2D eigenvalue weighted by Crippen LogP contribution is -2.62. The van der Waals surface area contributed by atoms with Gasteiger partial charge in [0.05, 0.1) is 6.04 Å². The first-order valence-electron chi connectivity index (χ1n) is 16.1. The number of nitrogens with zero attached hydrogens (tertiary/aromatic N) is 1. The van der Waals surface area contributed by atoms with Gasteiger partial charge in [-0.15, -0.1) is 0 Å². The van der Waals surface area contributed by atoms with Gasteiger partial charge in [-0.25, -0.2) is 4.79 Å². The Morgan fingerprint density at radius 2 is 1.88 bits per heavy atom. The number of carbonyl (C=O) groups excluding carboxylic acids is 2. The molecule has 42 heavy (non-hydrogen) atoms. The number of ether oxygens (including phenoxy) is 1. The van der Waals surface area contributed by atoms with Crippen LogP contribution in [0.15, 0.2) is 42.5 Å². The van der Waals surface area contributed by atoms with Crippen molar-refractivity contribution in [2.75, 3.05) is 6.54 Å². The zero-order valence-electron chi connectivity index (χ0n) is 25.1. The largest absolute Gasteiger partial charge is 0.508 e. The molecule has 4 N–H and O–H groups in total. The molecule has 7 atom stereocenters. The van der Waals surface area contributed by atoms with Crippen molar-refractivity contribution in [2.24, 2.45) is 23.0 Å². The average molecular weight is 575 g/mol. The average Bonchev–Trinajstić information content (AvgIpc) is 3.21. The third-order valence-electron chi connectivity index (χ3n) is 11.2. The molecule has 0 unspecified atom stereocenters. The summed E-state index contributed by atoms with van der Waals surface area (Å²) in [7, 11) is 0. The molecule has 0 bridgehead atoms. The van der Waals surface area contributed by atoms with Gasteiger partial charge in [0.15, 0.2) is 0 Å². The van der Waals surface area contributed by atoms with E-state index < -0.39 is 23.7 Å². The van der Waals surface area contributed by atoms with E-state index in [-0.39, 0.29) is 17.4 Å². The second-order valence-electron chi connectivity index (χ2n) is 13.7. The van der Waals surface area contributed by atoms with Crippen LogP contribution in [0.4, 0.5) is 4.79 Å². The van der Waals surface area contributed by atoms with Gasteiger partial charge in [-0.1, -0.05) is 64.2 Å². The molecule has 3 aliphatic carbocycles. The van der Waals surface area contributed by atoms with E-state index in [0.717, 1.165) is 50.5 Å². The normalized spacial score (nSPS) is 33.3. The zero-order valence-corrected chi connectivity index (χ0v) is 25.1. The maximum Gasteiger partial charge on any atom is 0.410 e. The van der Waals surface area contributed by atoms with E-state index in [1.165, 1.54) is 30.4 Å². The number of nitrogens with two attached hydrogens (primary N) is 1. The number of hydrogen-bond acceptors (Lipinski definition) is 5. The van der Waals surface area contributed by atoms with Crippen LogP contribution in [0.5, 0.6) is 5.75 Å². The van der Waals surface area contributed by atoms with Crippen molar-refractivity contribution in [2.45, 2.75) is 108 Å². The molecule has 2 aromatic carbocycles. The maximum absolute atomic E-state index is 13.8. The van der Waals surface area contributed by atoms with Crippen LogP contribution in [0.3, 0.4) is 0 Å². The Bertz CT molecular complexity index is 1340. The van der Waals surface area contributed by atoms with E-state index in [2.05, 4.69) is 19.9 Å². The maximum atomic E-state index is 13.8. The van der Waals surface area contributed by atoms with E-state index >= 15 is 0 Å². The summed E-state index contributed by atoms with van der Waals surface area (Å²) in [6.45, 7) is 4.91. The molecule has 1 heterocycles. The molecule has 1 aliphatic heterocycles. The summed E-state index contributed by atoms with van der Waals surface area (Å²) in [4.78, 5) is 27.7. The Kier molecular flexibility index (Phi) is 7.75. The monoisotopic (exact) mass is 574 g/mol. The molecular formula is C35H46N2O5. The molecule has 2 aromatic rings. The molecule has 1 saturated heterocycles. The topological polar surface area (TPSA) is 113 Å². The van der Waals surface area contributed by atoms with E-state index in [1.54, 1.807) is 29.2 Å². The highest BCUT2D eigenvalue weighted by Gasteiger charge is 2.70. The second kappa shape index (κ2) is 11.2. The Morgan fingerprint density at radius 1 is 1.10 bits per heavy atom. The lowest BCUT2D eigenvalue weighted by molar-refractivity contribution is -0.173. The number of amides is 2. The van der Waals surface area contributed by atoms with E-state index in [9.17, 15) is 19.8 Å². The highest BCUT2D eigenvalue weighted by atomic mass is 16.6. The highest BCUT2D eigenvalue weighted by Crippen LogP contribution is 2.67. The van der Waals surface area contributed by atoms with Crippen LogP contribution in [-0.2, 0) is 11.2 Å². The molecule has 2 saturated carbocycles. The standard InChI is InChI=1S/C35H46N2O5/c1-3-4-5-6-7-8-18-37-30(23-10-9-11-24(19-23)31(36)39)35(41)21-29-28-14-12-22-20-25(38)13-15-26(22)27(28)16-17-34(29,2)32(35)42-33(37)40/h9-11,13,15,19-20,27-30,32,38,41H,3-8,12,14,16-18,21H2,1-2H3,(H2,36,39)/t27-,28-,29+,30+,32-,34+,35+/m1/s1. The van der Waals surface area contributed by atoms with Crippen molar-refractivity contribution in [3.05, 3.63) is 64.7 Å². The second-order valence-corrected chi connectivity index (χ2v) is 13.7. The lowest BCUT2D eigenvalue weighted by atomic mass is 9.55. The molecule has 7 nitrogen and oxygen atoms in total. The number of phenols is 1. The van der Waals surface area contributed by atoms with E-state index in [4.69, 9.17) is 10.5 Å². The summed E-state index contributed by atoms with van der Waals surface area (Å²) in [6, 6.07) is 12.3. The number of benzene rings is 2. The number of hydrogen-bond donors (Lipinski definition) is 3. The van der Waals surface area contributed by atoms with Crippen LogP contribution in [0.1, 0.15) is 117 Å². The quantitative estimate of drug-likeness (QED) is 0.292. The van der Waals surface area contributed by atoms with Crippen LogP contribution in [0.2, 0.25) is 0 Å². The molecule has 2 amide bonds. The van der Waals surface area contributed by atoms with Gasteiger partial charge in [0.2, 0.25) is 5.91 Å². The van der Waals surface area contributed by atoms with Gasteiger partial charge >= 0.3 is 6.09 Å². The van der Waals surface area contributed by atoms with E-state index in [1.807, 2.05) is 12.1 Å². The predicted molar refractivity (Wildman–Crippen MR) is 161 cm³/mol. The Labute approximate surface area is 249 Å². The lowest BCUT2D eigenvalue weighted by Gasteiger charge is -2.53. The first-order valence-corrected chi connectivity index (χ1v) is 16.1. The molecule has 0 radical (unpaired) electrons. The number of primary amides is 1. The van der Waals surface area contributed by atoms with Crippen LogP contribution >= 0.6 is 0 Å². The molecule has 6 rings (SSSR count). The van der Waals surface area contributed by atoms with Gasteiger partial charge in [0.1, 0.15) is 17.5 Å². The third kappa shape index (κ3) is 4.78. The van der Waals surface area contributed by atoms with Crippen molar-refractivity contribution in [1.29, 1.82) is 0 Å². The van der Waals surface area contributed by atoms with Gasteiger partial charge in [-0.2, -0.15) is 0 Å².